The lowest BCUT2D eigenvalue weighted by Crippen LogP contribution is -2.41. The molecule has 2 aromatic carbocycles. The summed E-state index contributed by atoms with van der Waals surface area (Å²) in [5, 5.41) is 4.61. The van der Waals surface area contributed by atoms with Crippen molar-refractivity contribution < 1.29 is 19.1 Å². The normalized spacial score (nSPS) is 18.9. The highest BCUT2D eigenvalue weighted by Crippen LogP contribution is 2.49. The Hall–Kier alpha value is -3.67. The van der Waals surface area contributed by atoms with E-state index in [4.69, 9.17) is 9.47 Å². The van der Waals surface area contributed by atoms with Gasteiger partial charge in [0.2, 0.25) is 0 Å². The SMILES string of the molecule is COc1cc(C2=C3C(=O)CC(C)(C)CC3Nc3ccc4ncccc4c32)ccc1OC(C)=O. The Bertz CT molecular complexity index is 1340. The first kappa shape index (κ1) is 21.2. The number of hydrogen-bond donors (Lipinski definition) is 1. The summed E-state index contributed by atoms with van der Waals surface area (Å²) in [6.45, 7) is 5.63. The molecule has 33 heavy (non-hydrogen) atoms. The van der Waals surface area contributed by atoms with Crippen LogP contribution < -0.4 is 14.8 Å². The first-order valence-corrected chi connectivity index (χ1v) is 11.1. The first-order valence-electron chi connectivity index (χ1n) is 11.1. The molecule has 6 heteroatoms. The molecule has 1 aliphatic carbocycles. The minimum absolute atomic E-state index is 0.0861. The van der Waals surface area contributed by atoms with Gasteiger partial charge >= 0.3 is 5.97 Å². The Balaban J connectivity index is 1.80. The van der Waals surface area contributed by atoms with Gasteiger partial charge in [0.25, 0.3) is 0 Å². The number of pyridine rings is 1. The van der Waals surface area contributed by atoms with E-state index in [-0.39, 0.29) is 17.2 Å². The van der Waals surface area contributed by atoms with Crippen LogP contribution in [0.4, 0.5) is 5.69 Å². The highest BCUT2D eigenvalue weighted by Gasteiger charge is 2.41. The second-order valence-electron chi connectivity index (χ2n) is 9.47. The molecular weight excluding hydrogens is 416 g/mol. The van der Waals surface area contributed by atoms with Crippen molar-refractivity contribution in [1.82, 2.24) is 4.98 Å². The van der Waals surface area contributed by atoms with Crippen LogP contribution in [0.25, 0.3) is 16.5 Å². The average molecular weight is 443 g/mol. The van der Waals surface area contributed by atoms with Gasteiger partial charge in [0.1, 0.15) is 0 Å². The predicted octanol–water partition coefficient (Wildman–Crippen LogP) is 5.15. The third-order valence-electron chi connectivity index (χ3n) is 6.38. The first-order chi connectivity index (χ1) is 15.8. The molecule has 3 aromatic rings. The topological polar surface area (TPSA) is 77.5 Å². The fourth-order valence-electron chi connectivity index (χ4n) is 5.11. The molecule has 1 aromatic heterocycles. The van der Waals surface area contributed by atoms with Gasteiger partial charge in [-0.15, -0.1) is 0 Å². The van der Waals surface area contributed by atoms with Crippen molar-refractivity contribution in [2.45, 2.75) is 39.7 Å². The van der Waals surface area contributed by atoms with E-state index in [1.54, 1.807) is 12.3 Å². The summed E-state index contributed by atoms with van der Waals surface area (Å²) in [5.74, 6) is 0.514. The Morgan fingerprint density at radius 1 is 1.15 bits per heavy atom. The molecule has 0 spiro atoms. The molecule has 0 radical (unpaired) electrons. The molecular formula is C27H26N2O4. The van der Waals surface area contributed by atoms with E-state index >= 15 is 0 Å². The fourth-order valence-corrected chi connectivity index (χ4v) is 5.11. The van der Waals surface area contributed by atoms with Gasteiger partial charge in [-0.1, -0.05) is 26.0 Å². The lowest BCUT2D eigenvalue weighted by Gasteiger charge is -2.41. The van der Waals surface area contributed by atoms with Gasteiger partial charge in [-0.2, -0.15) is 0 Å². The van der Waals surface area contributed by atoms with Crippen molar-refractivity contribution in [1.29, 1.82) is 0 Å². The summed E-state index contributed by atoms with van der Waals surface area (Å²) < 4.78 is 10.8. The van der Waals surface area contributed by atoms with E-state index in [1.165, 1.54) is 14.0 Å². The van der Waals surface area contributed by atoms with E-state index in [1.807, 2.05) is 36.4 Å². The number of ketones is 1. The smallest absolute Gasteiger partial charge is 0.308 e. The van der Waals surface area contributed by atoms with Gasteiger partial charge in [-0.3, -0.25) is 14.6 Å². The van der Waals surface area contributed by atoms with E-state index in [9.17, 15) is 9.59 Å². The quantitative estimate of drug-likeness (QED) is 0.446. The Labute approximate surface area is 192 Å². The third-order valence-corrected chi connectivity index (χ3v) is 6.38. The summed E-state index contributed by atoms with van der Waals surface area (Å²) in [7, 11) is 1.54. The number of benzene rings is 2. The number of Topliss-reactive ketones (excluding diaryl/α,β-unsaturated/α-hetero) is 1. The predicted molar refractivity (Wildman–Crippen MR) is 128 cm³/mol. The Morgan fingerprint density at radius 3 is 2.73 bits per heavy atom. The molecule has 0 bridgehead atoms. The van der Waals surface area contributed by atoms with Crippen molar-refractivity contribution >= 4 is 33.9 Å². The zero-order valence-electron chi connectivity index (χ0n) is 19.2. The fraction of sp³-hybridized carbons (Fsp3) is 0.296. The van der Waals surface area contributed by atoms with Crippen LogP contribution in [0.1, 0.15) is 44.7 Å². The number of methoxy groups -OCH3 is 1. The number of ether oxygens (including phenoxy) is 2. The number of aromatic nitrogens is 1. The van der Waals surface area contributed by atoms with Crippen molar-refractivity contribution in [3.8, 4) is 11.5 Å². The average Bonchev–Trinajstić information content (AvgIpc) is 2.76. The van der Waals surface area contributed by atoms with Crippen LogP contribution in [-0.4, -0.2) is 29.9 Å². The molecule has 1 aliphatic heterocycles. The van der Waals surface area contributed by atoms with E-state index < -0.39 is 5.97 Å². The zero-order valence-corrected chi connectivity index (χ0v) is 19.2. The molecule has 1 fully saturated rings. The second kappa shape index (κ2) is 7.73. The van der Waals surface area contributed by atoms with Crippen LogP contribution in [0.3, 0.4) is 0 Å². The molecule has 1 N–H and O–H groups in total. The van der Waals surface area contributed by atoms with Crippen molar-refractivity contribution in [3.63, 3.8) is 0 Å². The number of nitrogens with one attached hydrogen (secondary N) is 1. The van der Waals surface area contributed by atoms with Crippen LogP contribution in [-0.2, 0) is 9.59 Å². The van der Waals surface area contributed by atoms with Gasteiger partial charge in [0.15, 0.2) is 17.3 Å². The van der Waals surface area contributed by atoms with Crippen molar-refractivity contribution in [3.05, 3.63) is 65.4 Å². The molecule has 0 amide bonds. The second-order valence-corrected chi connectivity index (χ2v) is 9.47. The highest BCUT2D eigenvalue weighted by atomic mass is 16.6. The number of carbonyl (C=O) groups is 2. The Morgan fingerprint density at radius 2 is 1.97 bits per heavy atom. The Kier molecular flexibility index (Phi) is 4.96. The monoisotopic (exact) mass is 442 g/mol. The van der Waals surface area contributed by atoms with Crippen LogP contribution in [0, 0.1) is 5.41 Å². The van der Waals surface area contributed by atoms with E-state index in [0.717, 1.165) is 45.3 Å². The number of carbonyl (C=O) groups excluding carboxylic acids is 2. The zero-order chi connectivity index (χ0) is 23.3. The molecule has 5 rings (SSSR count). The summed E-state index contributed by atoms with van der Waals surface area (Å²) >= 11 is 0. The minimum Gasteiger partial charge on any atom is -0.493 e. The van der Waals surface area contributed by atoms with Crippen molar-refractivity contribution in [2.24, 2.45) is 5.41 Å². The van der Waals surface area contributed by atoms with Gasteiger partial charge in [0, 0.05) is 47.3 Å². The number of anilines is 1. The van der Waals surface area contributed by atoms with Gasteiger partial charge in [-0.25, -0.2) is 0 Å². The summed E-state index contributed by atoms with van der Waals surface area (Å²) in [4.78, 5) is 29.6. The standard InChI is InChI=1S/C27H26N2O4/c1-15(30)33-22-10-7-16(12-23(22)32-4)24-25-17-6-5-11-28-18(17)8-9-19(25)29-20-13-27(2,3)14-21(31)26(20)24/h5-12,20,29H,13-14H2,1-4H3. The lowest BCUT2D eigenvalue weighted by atomic mass is 9.68. The maximum Gasteiger partial charge on any atom is 0.308 e. The third kappa shape index (κ3) is 3.65. The van der Waals surface area contributed by atoms with Crippen LogP contribution >= 0.6 is 0 Å². The van der Waals surface area contributed by atoms with Crippen molar-refractivity contribution in [2.75, 3.05) is 12.4 Å². The number of fused-ring (bicyclic) bond motifs is 4. The highest BCUT2D eigenvalue weighted by molar-refractivity contribution is 6.14. The molecule has 1 unspecified atom stereocenters. The van der Waals surface area contributed by atoms with E-state index in [0.29, 0.717) is 17.9 Å². The van der Waals surface area contributed by atoms with Gasteiger partial charge in [-0.05, 0) is 47.7 Å². The van der Waals surface area contributed by atoms with Crippen LogP contribution in [0.15, 0.2) is 54.2 Å². The maximum atomic E-state index is 13.5. The molecule has 168 valence electrons. The maximum absolute atomic E-state index is 13.5. The van der Waals surface area contributed by atoms with Gasteiger partial charge in [0.05, 0.1) is 18.7 Å². The number of esters is 1. The molecule has 2 heterocycles. The summed E-state index contributed by atoms with van der Waals surface area (Å²) in [6, 6.07) is 13.4. The van der Waals surface area contributed by atoms with Crippen LogP contribution in [0.2, 0.25) is 0 Å². The molecule has 2 aliphatic rings. The largest absolute Gasteiger partial charge is 0.493 e. The summed E-state index contributed by atoms with van der Waals surface area (Å²) in [5.41, 5.74) is 5.24. The molecule has 0 saturated heterocycles. The van der Waals surface area contributed by atoms with E-state index in [2.05, 4.69) is 24.1 Å². The van der Waals surface area contributed by atoms with Crippen LogP contribution in [0.5, 0.6) is 11.5 Å². The summed E-state index contributed by atoms with van der Waals surface area (Å²) in [6.07, 6.45) is 3.11. The molecule has 1 saturated carbocycles. The van der Waals surface area contributed by atoms with Gasteiger partial charge < -0.3 is 14.8 Å². The molecule has 6 nitrogen and oxygen atoms in total. The molecule has 1 atom stereocenters. The lowest BCUT2D eigenvalue weighted by molar-refractivity contribution is -0.132. The number of nitrogens with zero attached hydrogens (tertiary/aromatic N) is 1. The number of rotatable bonds is 3. The number of hydrogen-bond acceptors (Lipinski definition) is 6. The minimum atomic E-state index is -0.419.